The van der Waals surface area contributed by atoms with Gasteiger partial charge in [-0.1, -0.05) is 27.7 Å². The van der Waals surface area contributed by atoms with Crippen LogP contribution in [0.15, 0.2) is 24.3 Å². The van der Waals surface area contributed by atoms with Crippen molar-refractivity contribution < 1.29 is 23.9 Å². The maximum Gasteiger partial charge on any atom is 0.304 e. The Hall–Kier alpha value is -2.37. The minimum atomic E-state index is -0.965. The van der Waals surface area contributed by atoms with E-state index in [-0.39, 0.29) is 11.7 Å². The number of benzene rings is 1. The Labute approximate surface area is 154 Å². The third kappa shape index (κ3) is 3.08. The first kappa shape index (κ1) is 19.9. The maximum absolute atomic E-state index is 13.1. The molecule has 1 saturated heterocycles. The number of hydrogen-bond acceptors (Lipinski definition) is 5. The van der Waals surface area contributed by atoms with Gasteiger partial charge in [-0.05, 0) is 36.6 Å². The van der Waals surface area contributed by atoms with Gasteiger partial charge >= 0.3 is 5.97 Å². The summed E-state index contributed by atoms with van der Waals surface area (Å²) in [5, 5.41) is 0. The van der Waals surface area contributed by atoms with Gasteiger partial charge in [0.2, 0.25) is 5.91 Å². The van der Waals surface area contributed by atoms with Crippen LogP contribution in [0.1, 0.15) is 41.5 Å². The lowest BCUT2D eigenvalue weighted by molar-refractivity contribution is -0.178. The summed E-state index contributed by atoms with van der Waals surface area (Å²) in [5.74, 6) is -0.897. The summed E-state index contributed by atoms with van der Waals surface area (Å²) >= 11 is 0. The summed E-state index contributed by atoms with van der Waals surface area (Å²) in [6.07, 6.45) is -0.818. The lowest BCUT2D eigenvalue weighted by Crippen LogP contribution is -2.70. The Balaban J connectivity index is 2.47. The van der Waals surface area contributed by atoms with Crippen LogP contribution in [0.25, 0.3) is 0 Å². The molecule has 0 aliphatic carbocycles. The average Bonchev–Trinajstić information content (AvgIpc) is 2.53. The van der Waals surface area contributed by atoms with Crippen molar-refractivity contribution in [3.63, 3.8) is 0 Å². The summed E-state index contributed by atoms with van der Waals surface area (Å²) in [7, 11) is 1.56. The van der Waals surface area contributed by atoms with Crippen LogP contribution in [0.2, 0.25) is 0 Å². The molecule has 0 saturated carbocycles. The zero-order valence-electron chi connectivity index (χ0n) is 16.5. The zero-order chi connectivity index (χ0) is 19.9. The van der Waals surface area contributed by atoms with Crippen molar-refractivity contribution in [2.45, 2.75) is 47.8 Å². The molecule has 0 bridgehead atoms. The van der Waals surface area contributed by atoms with Gasteiger partial charge in [-0.3, -0.25) is 19.3 Å². The van der Waals surface area contributed by atoms with Crippen molar-refractivity contribution in [3.05, 3.63) is 24.3 Å². The minimum absolute atomic E-state index is 0.102. The molecular weight excluding hydrogens is 334 g/mol. The third-order valence-corrected chi connectivity index (χ3v) is 5.59. The first-order chi connectivity index (χ1) is 11.9. The van der Waals surface area contributed by atoms with Crippen LogP contribution in [0.4, 0.5) is 5.69 Å². The van der Waals surface area contributed by atoms with E-state index in [9.17, 15) is 14.4 Å². The number of nitrogens with zero attached hydrogens (tertiary/aromatic N) is 1. The molecule has 142 valence electrons. The summed E-state index contributed by atoms with van der Waals surface area (Å²) in [6, 6.07) is 6.92. The van der Waals surface area contributed by atoms with Crippen LogP contribution in [0.5, 0.6) is 5.75 Å². The molecular formula is C20H27NO5. The number of amides is 1. The first-order valence-corrected chi connectivity index (χ1v) is 8.60. The lowest BCUT2D eigenvalue weighted by atomic mass is 9.55. The van der Waals surface area contributed by atoms with Gasteiger partial charge in [0.05, 0.1) is 7.11 Å². The molecule has 6 nitrogen and oxygen atoms in total. The van der Waals surface area contributed by atoms with Crippen molar-refractivity contribution in [3.8, 4) is 5.75 Å². The fourth-order valence-electron chi connectivity index (χ4n) is 3.52. The monoisotopic (exact) mass is 361 g/mol. The molecule has 0 N–H and O–H groups in total. The zero-order valence-corrected chi connectivity index (χ0v) is 16.5. The van der Waals surface area contributed by atoms with Crippen molar-refractivity contribution in [2.75, 3.05) is 12.0 Å². The molecule has 6 heteroatoms. The van der Waals surface area contributed by atoms with Gasteiger partial charge < -0.3 is 9.47 Å². The van der Waals surface area contributed by atoms with Gasteiger partial charge in [0, 0.05) is 18.0 Å². The smallest absolute Gasteiger partial charge is 0.304 e. The van der Waals surface area contributed by atoms with E-state index in [4.69, 9.17) is 9.47 Å². The van der Waals surface area contributed by atoms with E-state index in [1.807, 2.05) is 20.8 Å². The van der Waals surface area contributed by atoms with Gasteiger partial charge in [-0.15, -0.1) is 0 Å². The van der Waals surface area contributed by atoms with Crippen LogP contribution in [0, 0.1) is 16.7 Å². The number of hydrogen-bond donors (Lipinski definition) is 0. The Morgan fingerprint density at radius 2 is 1.58 bits per heavy atom. The van der Waals surface area contributed by atoms with E-state index in [1.54, 1.807) is 38.3 Å². The van der Waals surface area contributed by atoms with Gasteiger partial charge in [-0.2, -0.15) is 0 Å². The molecule has 1 unspecified atom stereocenters. The van der Waals surface area contributed by atoms with Gasteiger partial charge in [0.1, 0.15) is 17.5 Å². The Kier molecular flexibility index (Phi) is 5.17. The van der Waals surface area contributed by atoms with E-state index in [0.29, 0.717) is 11.4 Å². The van der Waals surface area contributed by atoms with Gasteiger partial charge in [-0.25, -0.2) is 0 Å². The second kappa shape index (κ2) is 6.74. The second-order valence-corrected chi connectivity index (χ2v) is 7.89. The highest BCUT2D eigenvalue weighted by Crippen LogP contribution is 2.53. The van der Waals surface area contributed by atoms with E-state index in [1.165, 1.54) is 18.7 Å². The molecule has 0 aromatic heterocycles. The number of methoxy groups -OCH3 is 1. The molecule has 3 atom stereocenters. The van der Waals surface area contributed by atoms with Crippen molar-refractivity contribution in [1.29, 1.82) is 0 Å². The largest absolute Gasteiger partial charge is 0.497 e. The summed E-state index contributed by atoms with van der Waals surface area (Å²) in [4.78, 5) is 38.7. The molecule has 1 aliphatic heterocycles. The molecule has 2 rings (SSSR count). The highest BCUT2D eigenvalue weighted by Gasteiger charge is 2.64. The average molecular weight is 361 g/mol. The number of anilines is 1. The predicted molar refractivity (Wildman–Crippen MR) is 97.8 cm³/mol. The van der Waals surface area contributed by atoms with Gasteiger partial charge in [0.15, 0.2) is 6.23 Å². The Morgan fingerprint density at radius 3 is 1.96 bits per heavy atom. The fourth-order valence-corrected chi connectivity index (χ4v) is 3.52. The number of β-lactam (4-membered cyclic amide) rings is 1. The fraction of sp³-hybridized carbons (Fsp3) is 0.550. The number of carbonyl (C=O) groups excluding carboxylic acids is 3. The van der Waals surface area contributed by atoms with E-state index in [2.05, 4.69) is 0 Å². The predicted octanol–water partition coefficient (Wildman–Crippen LogP) is 3.19. The van der Waals surface area contributed by atoms with E-state index < -0.39 is 28.9 Å². The Morgan fingerprint density at radius 1 is 1.04 bits per heavy atom. The van der Waals surface area contributed by atoms with Crippen LogP contribution >= 0.6 is 0 Å². The summed E-state index contributed by atoms with van der Waals surface area (Å²) in [6.45, 7) is 10.3. The van der Waals surface area contributed by atoms with Crippen LogP contribution in [-0.2, 0) is 19.1 Å². The van der Waals surface area contributed by atoms with Crippen molar-refractivity contribution in [1.82, 2.24) is 0 Å². The Bertz CT molecular complexity index is 719. The van der Waals surface area contributed by atoms with Crippen molar-refractivity contribution in [2.24, 2.45) is 16.7 Å². The molecule has 1 aliphatic rings. The highest BCUT2D eigenvalue weighted by molar-refractivity contribution is 6.06. The highest BCUT2D eigenvalue weighted by atomic mass is 16.6. The molecule has 1 amide bonds. The number of esters is 1. The summed E-state index contributed by atoms with van der Waals surface area (Å²) < 4.78 is 10.6. The number of ketones is 1. The van der Waals surface area contributed by atoms with Crippen LogP contribution in [0.3, 0.4) is 0 Å². The number of carbonyl (C=O) groups is 3. The van der Waals surface area contributed by atoms with E-state index >= 15 is 0 Å². The van der Waals surface area contributed by atoms with Crippen molar-refractivity contribution >= 4 is 23.3 Å². The second-order valence-electron chi connectivity index (χ2n) is 7.89. The molecule has 1 aromatic rings. The van der Waals surface area contributed by atoms with Crippen LogP contribution in [-0.4, -0.2) is 31.0 Å². The number of ether oxygens (including phenoxy) is 2. The minimum Gasteiger partial charge on any atom is -0.497 e. The molecule has 0 radical (unpaired) electrons. The topological polar surface area (TPSA) is 72.9 Å². The first-order valence-electron chi connectivity index (χ1n) is 8.60. The van der Waals surface area contributed by atoms with E-state index in [0.717, 1.165) is 0 Å². The number of rotatable bonds is 5. The molecule has 26 heavy (non-hydrogen) atoms. The third-order valence-electron chi connectivity index (χ3n) is 5.59. The molecule has 0 spiro atoms. The lowest BCUT2D eigenvalue weighted by Gasteiger charge is -2.55. The SMILES string of the molecule is COc1ccc(N2C(=O)[C@H]([C@@](C)(C(C)=O)C(C)(C)C)C2OC(C)=O)cc1. The standard InChI is InChI=1S/C20H27NO5/c1-12(22)20(6,19(3,4)5)16-17(24)21(18(16)26-13(2)23)14-8-10-15(25-7)11-9-14/h8-11,16,18H,1-7H3/t16-,18?,20+/m0/s1. The normalized spacial score (nSPS) is 22.3. The molecule has 1 heterocycles. The molecule has 1 aromatic carbocycles. The number of Topliss-reactive ketones (excluding diaryl/α,β-unsaturated/α-hetero) is 1. The summed E-state index contributed by atoms with van der Waals surface area (Å²) in [5.41, 5.74) is -0.852. The molecule has 1 fully saturated rings. The quantitative estimate of drug-likeness (QED) is 0.595. The maximum atomic E-state index is 13.1. The van der Waals surface area contributed by atoms with Crippen LogP contribution < -0.4 is 9.64 Å². The van der Waals surface area contributed by atoms with Gasteiger partial charge in [0.25, 0.3) is 0 Å².